The van der Waals surface area contributed by atoms with Crippen LogP contribution in [-0.2, 0) is 14.9 Å². The van der Waals surface area contributed by atoms with Gasteiger partial charge >= 0.3 is 5.97 Å². The van der Waals surface area contributed by atoms with Crippen molar-refractivity contribution in [2.45, 2.75) is 19.3 Å². The molecule has 5 heteroatoms. The summed E-state index contributed by atoms with van der Waals surface area (Å²) in [5.74, 6) is -1.19. The number of hydrogen-bond acceptors (Lipinski definition) is 3. The van der Waals surface area contributed by atoms with Crippen LogP contribution in [0.2, 0.25) is 0 Å². The number of carbonyl (C=O) groups is 2. The number of rotatable bonds is 4. The van der Waals surface area contributed by atoms with Crippen LogP contribution in [0.4, 0.5) is 10.1 Å². The lowest BCUT2D eigenvalue weighted by atomic mass is 9.83. The van der Waals surface area contributed by atoms with Gasteiger partial charge in [-0.1, -0.05) is 24.3 Å². The summed E-state index contributed by atoms with van der Waals surface area (Å²) in [6.07, 6.45) is 0. The fraction of sp³-hybridized carbons (Fsp3) is 0.222. The van der Waals surface area contributed by atoms with E-state index >= 15 is 0 Å². The number of para-hydroxylation sites is 1. The summed E-state index contributed by atoms with van der Waals surface area (Å²) in [7, 11) is 1.28. The number of halogens is 1. The first kappa shape index (κ1) is 16.7. The molecule has 4 nitrogen and oxygen atoms in total. The molecular weight excluding hydrogens is 297 g/mol. The van der Waals surface area contributed by atoms with Gasteiger partial charge in [-0.3, -0.25) is 4.79 Å². The lowest BCUT2D eigenvalue weighted by molar-refractivity contribution is -0.120. The summed E-state index contributed by atoms with van der Waals surface area (Å²) in [5.41, 5.74) is 0.432. The van der Waals surface area contributed by atoms with Gasteiger partial charge in [-0.15, -0.1) is 0 Å². The molecular formula is C18H18FNO3. The van der Waals surface area contributed by atoms with E-state index in [1.165, 1.54) is 19.2 Å². The molecule has 0 aliphatic carbocycles. The van der Waals surface area contributed by atoms with Gasteiger partial charge in [0.1, 0.15) is 5.82 Å². The molecule has 0 saturated heterocycles. The van der Waals surface area contributed by atoms with E-state index in [0.29, 0.717) is 11.3 Å². The predicted octanol–water partition coefficient (Wildman–Crippen LogP) is 3.53. The van der Waals surface area contributed by atoms with Crippen molar-refractivity contribution < 1.29 is 18.7 Å². The molecule has 0 heterocycles. The molecule has 0 fully saturated rings. The van der Waals surface area contributed by atoms with Gasteiger partial charge in [0.05, 0.1) is 23.8 Å². The first-order valence-electron chi connectivity index (χ1n) is 7.11. The molecule has 0 unspecified atom stereocenters. The highest BCUT2D eigenvalue weighted by atomic mass is 19.1. The highest BCUT2D eigenvalue weighted by Gasteiger charge is 2.30. The lowest BCUT2D eigenvalue weighted by Crippen LogP contribution is -2.35. The van der Waals surface area contributed by atoms with Crippen molar-refractivity contribution in [1.82, 2.24) is 0 Å². The number of hydrogen-bond donors (Lipinski definition) is 1. The molecule has 2 aromatic carbocycles. The minimum atomic E-state index is -0.892. The molecule has 23 heavy (non-hydrogen) atoms. The molecule has 0 aliphatic heterocycles. The van der Waals surface area contributed by atoms with Crippen molar-refractivity contribution in [2.75, 3.05) is 12.4 Å². The van der Waals surface area contributed by atoms with Gasteiger partial charge in [-0.25, -0.2) is 9.18 Å². The Morgan fingerprint density at radius 1 is 1.04 bits per heavy atom. The molecule has 0 spiro atoms. The predicted molar refractivity (Wildman–Crippen MR) is 85.8 cm³/mol. The molecule has 2 rings (SSSR count). The zero-order valence-corrected chi connectivity index (χ0v) is 13.2. The third kappa shape index (κ3) is 3.56. The summed E-state index contributed by atoms with van der Waals surface area (Å²) >= 11 is 0. The molecule has 0 atom stereocenters. The molecule has 1 amide bonds. The molecule has 0 aromatic heterocycles. The largest absolute Gasteiger partial charge is 0.465 e. The Morgan fingerprint density at radius 2 is 1.65 bits per heavy atom. The second kappa shape index (κ2) is 6.60. The van der Waals surface area contributed by atoms with Crippen LogP contribution in [0.25, 0.3) is 0 Å². The molecule has 0 radical (unpaired) electrons. The minimum Gasteiger partial charge on any atom is -0.465 e. The second-order valence-corrected chi connectivity index (χ2v) is 5.62. The van der Waals surface area contributed by atoms with E-state index in [1.807, 2.05) is 0 Å². The van der Waals surface area contributed by atoms with Crippen LogP contribution in [0.3, 0.4) is 0 Å². The van der Waals surface area contributed by atoms with Crippen molar-refractivity contribution in [2.24, 2.45) is 0 Å². The van der Waals surface area contributed by atoms with E-state index in [1.54, 1.807) is 50.2 Å². The zero-order chi connectivity index (χ0) is 17.0. The summed E-state index contributed by atoms with van der Waals surface area (Å²) in [6.45, 7) is 3.46. The Hall–Kier alpha value is -2.69. The maximum absolute atomic E-state index is 13.1. The fourth-order valence-corrected chi connectivity index (χ4v) is 2.16. The quantitative estimate of drug-likeness (QED) is 0.878. The summed E-state index contributed by atoms with van der Waals surface area (Å²) in [5, 5.41) is 2.75. The van der Waals surface area contributed by atoms with Crippen molar-refractivity contribution >= 4 is 17.6 Å². The number of anilines is 1. The second-order valence-electron chi connectivity index (χ2n) is 5.62. The number of esters is 1. The van der Waals surface area contributed by atoms with Crippen molar-refractivity contribution in [3.8, 4) is 0 Å². The van der Waals surface area contributed by atoms with Crippen LogP contribution in [0.1, 0.15) is 29.8 Å². The van der Waals surface area contributed by atoms with E-state index in [4.69, 9.17) is 4.74 Å². The average Bonchev–Trinajstić information content (AvgIpc) is 2.55. The Bertz CT molecular complexity index is 723. The maximum Gasteiger partial charge on any atom is 0.339 e. The lowest BCUT2D eigenvalue weighted by Gasteiger charge is -2.24. The van der Waals surface area contributed by atoms with Gasteiger partial charge < -0.3 is 10.1 Å². The van der Waals surface area contributed by atoms with E-state index in [9.17, 15) is 14.0 Å². The molecule has 0 aliphatic rings. The van der Waals surface area contributed by atoms with Crippen LogP contribution in [0.5, 0.6) is 0 Å². The number of methoxy groups -OCH3 is 1. The highest BCUT2D eigenvalue weighted by Crippen LogP contribution is 2.26. The van der Waals surface area contributed by atoms with Gasteiger partial charge in [0, 0.05) is 0 Å². The smallest absolute Gasteiger partial charge is 0.339 e. The van der Waals surface area contributed by atoms with Gasteiger partial charge in [0.2, 0.25) is 5.91 Å². The van der Waals surface area contributed by atoms with Crippen LogP contribution in [-0.4, -0.2) is 19.0 Å². The van der Waals surface area contributed by atoms with Crippen LogP contribution >= 0.6 is 0 Å². The van der Waals surface area contributed by atoms with Gasteiger partial charge in [-0.2, -0.15) is 0 Å². The van der Waals surface area contributed by atoms with Crippen molar-refractivity contribution in [1.29, 1.82) is 0 Å². The van der Waals surface area contributed by atoms with Crippen molar-refractivity contribution in [3.63, 3.8) is 0 Å². The van der Waals surface area contributed by atoms with Gasteiger partial charge in [-0.05, 0) is 43.7 Å². The minimum absolute atomic E-state index is 0.276. The van der Waals surface area contributed by atoms with Crippen LogP contribution in [0, 0.1) is 5.82 Å². The summed E-state index contributed by atoms with van der Waals surface area (Å²) in [4.78, 5) is 24.4. The van der Waals surface area contributed by atoms with Crippen LogP contribution in [0.15, 0.2) is 48.5 Å². The van der Waals surface area contributed by atoms with Crippen LogP contribution < -0.4 is 5.32 Å². The Kier molecular flexibility index (Phi) is 4.79. The van der Waals surface area contributed by atoms with E-state index in [-0.39, 0.29) is 17.3 Å². The number of benzene rings is 2. The molecule has 2 aromatic rings. The van der Waals surface area contributed by atoms with Gasteiger partial charge in [0.25, 0.3) is 0 Å². The highest BCUT2D eigenvalue weighted by molar-refractivity contribution is 6.04. The Morgan fingerprint density at radius 3 is 2.26 bits per heavy atom. The first-order valence-corrected chi connectivity index (χ1v) is 7.11. The third-order valence-electron chi connectivity index (χ3n) is 3.71. The van der Waals surface area contributed by atoms with Gasteiger partial charge in [0.15, 0.2) is 0 Å². The zero-order valence-electron chi connectivity index (χ0n) is 13.2. The Balaban J connectivity index is 2.28. The average molecular weight is 315 g/mol. The molecule has 120 valence electrons. The summed E-state index contributed by atoms with van der Waals surface area (Å²) in [6, 6.07) is 12.4. The van der Waals surface area contributed by atoms with Crippen molar-refractivity contribution in [3.05, 3.63) is 65.5 Å². The third-order valence-corrected chi connectivity index (χ3v) is 3.71. The number of amides is 1. The van der Waals surface area contributed by atoms with E-state index in [0.717, 1.165) is 0 Å². The number of ether oxygens (including phenoxy) is 1. The van der Waals surface area contributed by atoms with E-state index < -0.39 is 11.4 Å². The maximum atomic E-state index is 13.1. The topological polar surface area (TPSA) is 55.4 Å². The molecule has 0 bridgehead atoms. The monoisotopic (exact) mass is 315 g/mol. The SMILES string of the molecule is COC(=O)c1ccccc1NC(=O)C(C)(C)c1ccc(F)cc1. The first-order chi connectivity index (χ1) is 10.9. The Labute approximate surface area is 134 Å². The van der Waals surface area contributed by atoms with E-state index in [2.05, 4.69) is 5.32 Å². The standard InChI is InChI=1S/C18H18FNO3/c1-18(2,12-8-10-13(19)11-9-12)17(22)20-15-7-5-4-6-14(15)16(21)23-3/h4-11H,1-3H3,(H,20,22). The molecule has 0 saturated carbocycles. The fourth-order valence-electron chi connectivity index (χ4n) is 2.16. The molecule has 1 N–H and O–H groups in total. The number of carbonyl (C=O) groups excluding carboxylic acids is 2. The normalized spacial score (nSPS) is 11.0. The number of nitrogens with one attached hydrogen (secondary N) is 1. The summed E-state index contributed by atoms with van der Waals surface area (Å²) < 4.78 is 17.8.